The zero-order valence-corrected chi connectivity index (χ0v) is 14.9. The van der Waals surface area contributed by atoms with Crippen LogP contribution in [0.1, 0.15) is 16.7 Å². The number of carbonyl (C=O) groups excluding carboxylic acids is 1. The number of nitrogens with zero attached hydrogens (tertiary/aromatic N) is 3. The number of urea groups is 1. The Bertz CT molecular complexity index is 788. The number of hydrazine groups is 2. The highest BCUT2D eigenvalue weighted by Crippen LogP contribution is 2.20. The van der Waals surface area contributed by atoms with Crippen LogP contribution in [-0.4, -0.2) is 30.9 Å². The number of nitrogens with two attached hydrogens (primary N) is 2. The van der Waals surface area contributed by atoms with Gasteiger partial charge < -0.3 is 4.84 Å². The maximum Gasteiger partial charge on any atom is 0.352 e. The van der Waals surface area contributed by atoms with Gasteiger partial charge in [-0.3, -0.25) is 5.01 Å². The van der Waals surface area contributed by atoms with E-state index in [1.54, 1.807) is 12.1 Å². The van der Waals surface area contributed by atoms with Crippen molar-refractivity contribution in [3.05, 3.63) is 71.3 Å². The van der Waals surface area contributed by atoms with Crippen LogP contribution in [0.5, 0.6) is 0 Å². The Morgan fingerprint density at radius 1 is 1.15 bits per heavy atom. The smallest absolute Gasteiger partial charge is 0.352 e. The standard InChI is InChI=1S/C19H23N5O2/c1-15-8-6-12-18(24(21)19(25)23(2)20)17(15)14-22-26-13-7-11-16-9-4-3-5-10-16/h3-12,14H,13,20-21H2,1-2H3/b11-7+,22-14-. The Morgan fingerprint density at radius 2 is 1.88 bits per heavy atom. The minimum absolute atomic E-state index is 0.323. The Kier molecular flexibility index (Phi) is 6.90. The number of benzene rings is 2. The number of hydrogen-bond donors (Lipinski definition) is 2. The molecule has 2 rings (SSSR count). The fourth-order valence-corrected chi connectivity index (χ4v) is 2.24. The Morgan fingerprint density at radius 3 is 2.58 bits per heavy atom. The van der Waals surface area contributed by atoms with E-state index in [1.165, 1.54) is 13.3 Å². The van der Waals surface area contributed by atoms with Gasteiger partial charge >= 0.3 is 6.03 Å². The summed E-state index contributed by atoms with van der Waals surface area (Å²) in [5.41, 5.74) is 3.15. The number of hydrogen-bond acceptors (Lipinski definition) is 5. The normalized spacial score (nSPS) is 11.1. The quantitative estimate of drug-likeness (QED) is 0.274. The number of amides is 2. The molecule has 0 radical (unpaired) electrons. The SMILES string of the molecule is Cc1cccc(N(N)C(=O)N(C)N)c1/C=N\OC/C=C/c1ccccc1. The highest BCUT2D eigenvalue weighted by atomic mass is 16.6. The first-order chi connectivity index (χ1) is 12.5. The molecule has 0 aliphatic heterocycles. The van der Waals surface area contributed by atoms with Crippen molar-refractivity contribution in [2.24, 2.45) is 16.8 Å². The van der Waals surface area contributed by atoms with Gasteiger partial charge in [-0.05, 0) is 30.2 Å². The van der Waals surface area contributed by atoms with E-state index >= 15 is 0 Å². The van der Waals surface area contributed by atoms with Crippen molar-refractivity contribution in [1.82, 2.24) is 5.01 Å². The van der Waals surface area contributed by atoms with Crippen molar-refractivity contribution < 1.29 is 9.63 Å². The molecule has 2 aromatic carbocycles. The van der Waals surface area contributed by atoms with Gasteiger partial charge in [0, 0.05) is 12.6 Å². The second-order valence-corrected chi connectivity index (χ2v) is 5.61. The van der Waals surface area contributed by atoms with Gasteiger partial charge in [0.05, 0.1) is 11.9 Å². The average molecular weight is 353 g/mol. The van der Waals surface area contributed by atoms with Crippen LogP contribution in [-0.2, 0) is 4.84 Å². The molecule has 0 saturated heterocycles. The van der Waals surface area contributed by atoms with Crippen molar-refractivity contribution in [2.45, 2.75) is 6.92 Å². The van der Waals surface area contributed by atoms with Crippen molar-refractivity contribution in [3.8, 4) is 0 Å². The molecule has 136 valence electrons. The lowest BCUT2D eigenvalue weighted by molar-refractivity contribution is 0.177. The zero-order valence-electron chi connectivity index (χ0n) is 14.9. The van der Waals surface area contributed by atoms with Crippen LogP contribution in [0, 0.1) is 6.92 Å². The molecule has 2 amide bonds. The first-order valence-electron chi connectivity index (χ1n) is 8.04. The Balaban J connectivity index is 2.03. The molecule has 0 spiro atoms. The van der Waals surface area contributed by atoms with Crippen molar-refractivity contribution >= 4 is 24.0 Å². The summed E-state index contributed by atoms with van der Waals surface area (Å²) in [5, 5.41) is 5.85. The number of anilines is 1. The molecular formula is C19H23N5O2. The van der Waals surface area contributed by atoms with E-state index in [-0.39, 0.29) is 0 Å². The number of oxime groups is 1. The summed E-state index contributed by atoms with van der Waals surface area (Å²) in [6, 6.07) is 14.8. The number of aryl methyl sites for hydroxylation is 1. The van der Waals surface area contributed by atoms with Gasteiger partial charge in [-0.1, -0.05) is 53.7 Å². The van der Waals surface area contributed by atoms with E-state index in [0.717, 1.165) is 21.1 Å². The molecule has 0 saturated carbocycles. The third-order valence-electron chi connectivity index (χ3n) is 3.61. The highest BCUT2D eigenvalue weighted by molar-refractivity contribution is 5.98. The first kappa shape index (κ1) is 19.2. The molecule has 0 aliphatic carbocycles. The third kappa shape index (κ3) is 5.17. The van der Waals surface area contributed by atoms with E-state index < -0.39 is 6.03 Å². The lowest BCUT2D eigenvalue weighted by Gasteiger charge is -2.22. The fourth-order valence-electron chi connectivity index (χ4n) is 2.24. The second-order valence-electron chi connectivity index (χ2n) is 5.61. The van der Waals surface area contributed by atoms with Gasteiger partial charge in [0.1, 0.15) is 6.61 Å². The maximum absolute atomic E-state index is 12.0. The van der Waals surface area contributed by atoms with Crippen LogP contribution >= 0.6 is 0 Å². The molecule has 2 aromatic rings. The summed E-state index contributed by atoms with van der Waals surface area (Å²) >= 11 is 0. The van der Waals surface area contributed by atoms with Crippen molar-refractivity contribution in [1.29, 1.82) is 0 Å². The molecular weight excluding hydrogens is 330 g/mol. The van der Waals surface area contributed by atoms with Crippen LogP contribution in [0.3, 0.4) is 0 Å². The fraction of sp³-hybridized carbons (Fsp3) is 0.158. The Hall–Kier alpha value is -3.16. The van der Waals surface area contributed by atoms with E-state index in [1.807, 2.05) is 55.5 Å². The third-order valence-corrected chi connectivity index (χ3v) is 3.61. The van der Waals surface area contributed by atoms with Crippen LogP contribution < -0.4 is 16.7 Å². The first-order valence-corrected chi connectivity index (χ1v) is 8.04. The number of carbonyl (C=O) groups is 1. The lowest BCUT2D eigenvalue weighted by Crippen LogP contribution is -2.49. The molecule has 0 aromatic heterocycles. The van der Waals surface area contributed by atoms with Gasteiger partial charge in [0.25, 0.3) is 0 Å². The summed E-state index contributed by atoms with van der Waals surface area (Å²) in [5.74, 6) is 11.3. The van der Waals surface area contributed by atoms with E-state index in [0.29, 0.717) is 17.9 Å². The molecule has 4 N–H and O–H groups in total. The summed E-state index contributed by atoms with van der Waals surface area (Å²) < 4.78 is 0. The van der Waals surface area contributed by atoms with Gasteiger partial charge in [0.2, 0.25) is 0 Å². The van der Waals surface area contributed by atoms with E-state index in [9.17, 15) is 4.79 Å². The average Bonchev–Trinajstić information content (AvgIpc) is 2.65. The molecule has 0 unspecified atom stereocenters. The lowest BCUT2D eigenvalue weighted by atomic mass is 10.1. The topological polar surface area (TPSA) is 97.2 Å². The molecule has 0 atom stereocenters. The predicted molar refractivity (Wildman–Crippen MR) is 104 cm³/mol. The van der Waals surface area contributed by atoms with Crippen LogP contribution in [0.25, 0.3) is 6.08 Å². The van der Waals surface area contributed by atoms with Gasteiger partial charge in [-0.15, -0.1) is 0 Å². The predicted octanol–water partition coefficient (Wildman–Crippen LogP) is 2.66. The van der Waals surface area contributed by atoms with E-state index in [4.69, 9.17) is 16.5 Å². The molecule has 7 heteroatoms. The zero-order chi connectivity index (χ0) is 18.9. The highest BCUT2D eigenvalue weighted by Gasteiger charge is 2.17. The van der Waals surface area contributed by atoms with Gasteiger partial charge in [-0.25, -0.2) is 21.5 Å². The monoisotopic (exact) mass is 353 g/mol. The molecule has 26 heavy (non-hydrogen) atoms. The van der Waals surface area contributed by atoms with E-state index in [2.05, 4.69) is 5.16 Å². The molecule has 0 fully saturated rings. The molecule has 0 heterocycles. The van der Waals surface area contributed by atoms with Crippen molar-refractivity contribution in [3.63, 3.8) is 0 Å². The number of rotatable bonds is 6. The minimum Gasteiger partial charge on any atom is -0.392 e. The van der Waals surface area contributed by atoms with Gasteiger partial charge in [-0.2, -0.15) is 0 Å². The largest absolute Gasteiger partial charge is 0.392 e. The van der Waals surface area contributed by atoms with Crippen LogP contribution in [0.4, 0.5) is 10.5 Å². The molecule has 0 bridgehead atoms. The summed E-state index contributed by atoms with van der Waals surface area (Å²) in [6.07, 6.45) is 5.35. The Labute approximate surface area is 153 Å². The summed E-state index contributed by atoms with van der Waals surface area (Å²) in [4.78, 5) is 17.2. The van der Waals surface area contributed by atoms with Crippen LogP contribution in [0.2, 0.25) is 0 Å². The maximum atomic E-state index is 12.0. The van der Waals surface area contributed by atoms with Crippen LogP contribution in [0.15, 0.2) is 59.8 Å². The second kappa shape index (κ2) is 9.36. The molecule has 7 nitrogen and oxygen atoms in total. The van der Waals surface area contributed by atoms with Gasteiger partial charge in [0.15, 0.2) is 0 Å². The summed E-state index contributed by atoms with van der Waals surface area (Å²) in [6.45, 7) is 2.22. The minimum atomic E-state index is -0.544. The molecule has 0 aliphatic rings. The summed E-state index contributed by atoms with van der Waals surface area (Å²) in [7, 11) is 1.42. The van der Waals surface area contributed by atoms with Crippen molar-refractivity contribution in [2.75, 3.05) is 18.7 Å².